The van der Waals surface area contributed by atoms with Gasteiger partial charge >= 0.3 is 0 Å². The van der Waals surface area contributed by atoms with Gasteiger partial charge in [0.15, 0.2) is 5.82 Å². The number of amides is 1. The Bertz CT molecular complexity index is 972. The number of hydrogen-bond donors (Lipinski definition) is 1. The Morgan fingerprint density at radius 3 is 2.92 bits per heavy atom. The highest BCUT2D eigenvalue weighted by atomic mass is 16.3. The average Bonchev–Trinajstić information content (AvgIpc) is 3.00. The van der Waals surface area contributed by atoms with Crippen molar-refractivity contribution in [2.24, 2.45) is 13.0 Å². The molecule has 1 aromatic carbocycles. The van der Waals surface area contributed by atoms with Gasteiger partial charge in [-0.2, -0.15) is 0 Å². The minimum Gasteiger partial charge on any atom is -0.461 e. The number of nitrogens with one attached hydrogen (secondary N) is 1. The van der Waals surface area contributed by atoms with Gasteiger partial charge in [-0.3, -0.25) is 4.79 Å². The molecule has 7 nitrogen and oxygen atoms in total. The topological polar surface area (TPSA) is 85.8 Å². The predicted molar refractivity (Wildman–Crippen MR) is 97.1 cm³/mol. The van der Waals surface area contributed by atoms with E-state index in [9.17, 15) is 4.79 Å². The van der Waals surface area contributed by atoms with Crippen LogP contribution in [0, 0.1) is 5.92 Å². The van der Waals surface area contributed by atoms with Gasteiger partial charge in [-0.05, 0) is 53.1 Å². The highest BCUT2D eigenvalue weighted by Gasteiger charge is 2.36. The number of furan rings is 1. The van der Waals surface area contributed by atoms with E-state index in [1.807, 2.05) is 36.4 Å². The molecule has 132 valence electrons. The van der Waals surface area contributed by atoms with Crippen LogP contribution in [0.15, 0.2) is 46.9 Å². The Hall–Kier alpha value is -3.22. The molecule has 1 aliphatic rings. The molecule has 3 aromatic rings. The van der Waals surface area contributed by atoms with Gasteiger partial charge < -0.3 is 9.73 Å². The largest absolute Gasteiger partial charge is 0.461 e. The fourth-order valence-corrected chi connectivity index (χ4v) is 2.93. The highest BCUT2D eigenvalue weighted by molar-refractivity contribution is 6.02. The van der Waals surface area contributed by atoms with Crippen molar-refractivity contribution >= 4 is 17.7 Å². The van der Waals surface area contributed by atoms with E-state index in [4.69, 9.17) is 4.42 Å². The molecule has 1 fully saturated rings. The van der Waals surface area contributed by atoms with Crippen molar-refractivity contribution in [3.8, 4) is 11.4 Å². The lowest BCUT2D eigenvalue weighted by Crippen LogP contribution is -2.07. The van der Waals surface area contributed by atoms with E-state index in [1.165, 1.54) is 12.5 Å². The van der Waals surface area contributed by atoms with Gasteiger partial charge in [0, 0.05) is 30.3 Å². The van der Waals surface area contributed by atoms with E-state index < -0.39 is 0 Å². The number of hydrogen-bond acceptors (Lipinski definition) is 5. The van der Waals surface area contributed by atoms with Crippen molar-refractivity contribution in [1.29, 1.82) is 0 Å². The molecule has 0 spiro atoms. The van der Waals surface area contributed by atoms with Crippen LogP contribution in [0.1, 0.15) is 30.8 Å². The summed E-state index contributed by atoms with van der Waals surface area (Å²) >= 11 is 0. The minimum atomic E-state index is -0.226. The number of nitrogens with zero attached hydrogens (tertiary/aromatic N) is 4. The Labute approximate surface area is 150 Å². The molecule has 4 rings (SSSR count). The van der Waals surface area contributed by atoms with Crippen LogP contribution in [0.2, 0.25) is 0 Å². The van der Waals surface area contributed by atoms with E-state index in [0.29, 0.717) is 29.1 Å². The minimum absolute atomic E-state index is 0.226. The quantitative estimate of drug-likeness (QED) is 0.715. The summed E-state index contributed by atoms with van der Waals surface area (Å²) in [5.41, 5.74) is 1.50. The van der Waals surface area contributed by atoms with Crippen molar-refractivity contribution in [2.75, 3.05) is 5.32 Å². The second kappa shape index (κ2) is 6.59. The molecule has 7 heteroatoms. The molecule has 2 heterocycles. The number of rotatable bonds is 5. The molecule has 1 aliphatic carbocycles. The van der Waals surface area contributed by atoms with Gasteiger partial charge in [0.1, 0.15) is 11.5 Å². The molecule has 1 amide bonds. The normalized spacial score (nSPS) is 19.0. The number of carbonyl (C=O) groups is 1. The number of aromatic nitrogens is 4. The zero-order valence-electron chi connectivity index (χ0n) is 14.6. The predicted octanol–water partition coefficient (Wildman–Crippen LogP) is 3.25. The molecule has 0 saturated heterocycles. The molecular formula is C19H19N5O2. The molecule has 26 heavy (non-hydrogen) atoms. The first-order valence-corrected chi connectivity index (χ1v) is 8.52. The van der Waals surface area contributed by atoms with Gasteiger partial charge in [-0.1, -0.05) is 19.1 Å². The first kappa shape index (κ1) is 16.3. The number of benzene rings is 1. The third-order valence-corrected chi connectivity index (χ3v) is 4.53. The van der Waals surface area contributed by atoms with E-state index in [0.717, 1.165) is 11.3 Å². The maximum atomic E-state index is 12.2. The van der Waals surface area contributed by atoms with Crippen molar-refractivity contribution in [3.05, 3.63) is 54.0 Å². The smallest absolute Gasteiger partial charge is 0.248 e. The second-order valence-electron chi connectivity index (χ2n) is 6.59. The van der Waals surface area contributed by atoms with Crippen LogP contribution in [-0.2, 0) is 11.8 Å². The van der Waals surface area contributed by atoms with Gasteiger partial charge in [-0.15, -0.1) is 5.10 Å². The SMILES string of the molecule is CC1CC1c1ccc(/C=C/C(=O)Nc2cccc(-c3nnnn3C)c2)o1. The standard InChI is InChI=1S/C19H19N5O2/c1-12-10-16(12)17-8-6-15(26-17)7-9-18(25)20-14-5-3-4-13(11-14)19-21-22-23-24(19)2/h3-9,11-12,16H,10H2,1-2H3,(H,20,25)/b9-7+. The summed E-state index contributed by atoms with van der Waals surface area (Å²) in [6.07, 6.45) is 4.33. The number of tetrazole rings is 1. The zero-order chi connectivity index (χ0) is 18.1. The van der Waals surface area contributed by atoms with Gasteiger partial charge in [0.25, 0.3) is 0 Å². The van der Waals surface area contributed by atoms with Crippen LogP contribution >= 0.6 is 0 Å². The van der Waals surface area contributed by atoms with E-state index in [2.05, 4.69) is 27.8 Å². The first-order valence-electron chi connectivity index (χ1n) is 8.52. The first-order chi connectivity index (χ1) is 12.6. The summed E-state index contributed by atoms with van der Waals surface area (Å²) in [5.74, 6) is 3.32. The molecule has 0 radical (unpaired) electrons. The summed E-state index contributed by atoms with van der Waals surface area (Å²) in [6.45, 7) is 2.21. The molecule has 2 unspecified atom stereocenters. The van der Waals surface area contributed by atoms with Gasteiger partial charge in [0.2, 0.25) is 5.91 Å². The average molecular weight is 349 g/mol. The van der Waals surface area contributed by atoms with Crippen molar-refractivity contribution < 1.29 is 9.21 Å². The number of anilines is 1. The molecule has 2 aromatic heterocycles. The summed E-state index contributed by atoms with van der Waals surface area (Å²) in [5, 5.41) is 14.3. The molecule has 0 bridgehead atoms. The third-order valence-electron chi connectivity index (χ3n) is 4.53. The second-order valence-corrected chi connectivity index (χ2v) is 6.59. The van der Waals surface area contributed by atoms with Gasteiger partial charge in [-0.25, -0.2) is 4.68 Å². The highest BCUT2D eigenvalue weighted by Crippen LogP contribution is 2.47. The van der Waals surface area contributed by atoms with Crippen molar-refractivity contribution in [3.63, 3.8) is 0 Å². The van der Waals surface area contributed by atoms with Crippen LogP contribution < -0.4 is 5.32 Å². The Morgan fingerprint density at radius 2 is 2.19 bits per heavy atom. The summed E-state index contributed by atoms with van der Waals surface area (Å²) in [4.78, 5) is 12.2. The van der Waals surface area contributed by atoms with Crippen LogP contribution in [0.3, 0.4) is 0 Å². The Morgan fingerprint density at radius 1 is 1.35 bits per heavy atom. The fourth-order valence-electron chi connectivity index (χ4n) is 2.93. The summed E-state index contributed by atoms with van der Waals surface area (Å²) in [6, 6.07) is 11.3. The number of aryl methyl sites for hydroxylation is 1. The molecule has 2 atom stereocenters. The van der Waals surface area contributed by atoms with Crippen LogP contribution in [-0.4, -0.2) is 26.1 Å². The molecule has 1 N–H and O–H groups in total. The third kappa shape index (κ3) is 3.42. The van der Waals surface area contributed by atoms with Crippen molar-refractivity contribution in [2.45, 2.75) is 19.3 Å². The van der Waals surface area contributed by atoms with Gasteiger partial charge in [0.05, 0.1) is 0 Å². The van der Waals surface area contributed by atoms with Crippen LogP contribution in [0.4, 0.5) is 5.69 Å². The fraction of sp³-hybridized carbons (Fsp3) is 0.263. The monoisotopic (exact) mass is 349 g/mol. The molecular weight excluding hydrogens is 330 g/mol. The lowest BCUT2D eigenvalue weighted by molar-refractivity contribution is -0.111. The van der Waals surface area contributed by atoms with Crippen molar-refractivity contribution in [1.82, 2.24) is 20.2 Å². The van der Waals surface area contributed by atoms with E-state index in [1.54, 1.807) is 17.8 Å². The summed E-state index contributed by atoms with van der Waals surface area (Å²) < 4.78 is 7.35. The summed E-state index contributed by atoms with van der Waals surface area (Å²) in [7, 11) is 1.77. The lowest BCUT2D eigenvalue weighted by Gasteiger charge is -2.04. The Balaban J connectivity index is 1.42. The number of carbonyl (C=O) groups excluding carboxylic acids is 1. The van der Waals surface area contributed by atoms with E-state index >= 15 is 0 Å². The maximum Gasteiger partial charge on any atom is 0.248 e. The van der Waals surface area contributed by atoms with E-state index in [-0.39, 0.29) is 5.91 Å². The maximum absolute atomic E-state index is 12.2. The van der Waals surface area contributed by atoms with Crippen LogP contribution in [0.25, 0.3) is 17.5 Å². The molecule has 1 saturated carbocycles. The molecule has 0 aliphatic heterocycles. The lowest BCUT2D eigenvalue weighted by atomic mass is 10.2. The van der Waals surface area contributed by atoms with Crippen LogP contribution in [0.5, 0.6) is 0 Å². The zero-order valence-corrected chi connectivity index (χ0v) is 14.6. The Kier molecular flexibility index (Phi) is 4.12.